The lowest BCUT2D eigenvalue weighted by molar-refractivity contribution is -0.169. The molecule has 2 aromatic carbocycles. The molecule has 1 amide bonds. The Balaban J connectivity index is 0.936. The summed E-state index contributed by atoms with van der Waals surface area (Å²) in [6, 6.07) is 16.6. The van der Waals surface area contributed by atoms with Gasteiger partial charge < -0.3 is 49.6 Å². The van der Waals surface area contributed by atoms with Crippen molar-refractivity contribution in [3.8, 4) is 17.2 Å². The van der Waals surface area contributed by atoms with E-state index in [4.69, 9.17) is 25.8 Å². The summed E-state index contributed by atoms with van der Waals surface area (Å²) in [5, 5.41) is 40.3. The first-order chi connectivity index (χ1) is 27.4. The van der Waals surface area contributed by atoms with Gasteiger partial charge in [0.1, 0.15) is 23.4 Å². The van der Waals surface area contributed by atoms with Crippen LogP contribution in [0.1, 0.15) is 52.7 Å². The number of pyridine rings is 1. The molecule has 1 atom stereocenters. The second kappa shape index (κ2) is 18.9. The molecular weight excluding hydrogens is 792 g/mol. The van der Waals surface area contributed by atoms with Crippen LogP contribution in [0, 0.1) is 0 Å². The van der Waals surface area contributed by atoms with Gasteiger partial charge in [0.2, 0.25) is 11.2 Å². The standard InChI is InChI=1S/C41H47ClN4O9S2/c1-45(26-8-10-27(11-9-26)55-40(51)41(52,35-6-4-18-56-35)36-7-5-19-57-36)16-17-46(2)38(50)24-54-34-21-33(53-3)25(20-30(34)42)22-43-23-32(48)28-12-14-31(47)39-29(28)13-15-37(49)44-39/h4-7,12-15,18-21,26-27,32,43,47-48,52H,8-11,16-17,22-24H2,1-3H3,(H,44,49)/t26-,27-,32-/m0/s1. The van der Waals surface area contributed by atoms with Gasteiger partial charge >= 0.3 is 5.97 Å². The quantitative estimate of drug-likeness (QED) is 0.0759. The topological polar surface area (TPSA) is 174 Å². The van der Waals surface area contributed by atoms with E-state index in [1.165, 1.54) is 41.9 Å². The number of methoxy groups -OCH3 is 1. The lowest BCUT2D eigenvalue weighted by Gasteiger charge is -2.36. The second-order valence-corrected chi connectivity index (χ2v) is 16.4. The average molecular weight is 839 g/mol. The van der Waals surface area contributed by atoms with Crippen LogP contribution in [0.4, 0.5) is 0 Å². The number of phenolic OH excluding ortho intramolecular Hbond substituents is 1. The molecule has 0 spiro atoms. The molecule has 1 fully saturated rings. The normalized spacial score (nSPS) is 16.4. The minimum absolute atomic E-state index is 0.0848. The Bertz CT molecular complexity index is 2160. The van der Waals surface area contributed by atoms with Gasteiger partial charge in [0.05, 0.1) is 33.5 Å². The minimum atomic E-state index is -1.82. The molecule has 1 aliphatic carbocycles. The summed E-state index contributed by atoms with van der Waals surface area (Å²) in [5.41, 5.74) is -0.671. The van der Waals surface area contributed by atoms with Crippen LogP contribution in [-0.4, -0.2) is 102 Å². The van der Waals surface area contributed by atoms with E-state index in [1.807, 2.05) is 29.9 Å². The molecule has 13 nitrogen and oxygen atoms in total. The number of aromatic nitrogens is 1. The van der Waals surface area contributed by atoms with Crippen LogP contribution in [-0.2, 0) is 26.5 Å². The minimum Gasteiger partial charge on any atom is -0.506 e. The first-order valence-corrected chi connectivity index (χ1v) is 20.7. The Kier molecular flexibility index (Phi) is 13.9. The molecule has 5 N–H and O–H groups in total. The molecule has 0 bridgehead atoms. The van der Waals surface area contributed by atoms with Crippen LogP contribution in [0.25, 0.3) is 10.9 Å². The summed E-state index contributed by atoms with van der Waals surface area (Å²) in [7, 11) is 5.27. The van der Waals surface area contributed by atoms with Crippen molar-refractivity contribution in [2.45, 2.75) is 56.1 Å². The van der Waals surface area contributed by atoms with Crippen LogP contribution in [0.3, 0.4) is 0 Å². The van der Waals surface area contributed by atoms with Gasteiger partial charge in [-0.2, -0.15) is 0 Å². The number of hydrogen-bond acceptors (Lipinski definition) is 13. The first kappa shape index (κ1) is 42.1. The van der Waals surface area contributed by atoms with Gasteiger partial charge in [-0.3, -0.25) is 9.59 Å². The van der Waals surface area contributed by atoms with E-state index in [0.717, 1.165) is 12.8 Å². The largest absolute Gasteiger partial charge is 0.506 e. The van der Waals surface area contributed by atoms with Gasteiger partial charge in [-0.05, 0) is 79.4 Å². The number of amides is 1. The fourth-order valence-corrected chi connectivity index (χ4v) is 8.97. The number of rotatable bonds is 17. The van der Waals surface area contributed by atoms with E-state index in [-0.39, 0.29) is 48.0 Å². The van der Waals surface area contributed by atoms with E-state index in [2.05, 4.69) is 15.2 Å². The summed E-state index contributed by atoms with van der Waals surface area (Å²) in [4.78, 5) is 45.7. The molecule has 0 radical (unpaired) electrons. The Morgan fingerprint density at radius 2 is 1.70 bits per heavy atom. The molecule has 57 heavy (non-hydrogen) atoms. The Labute approximate surface area is 343 Å². The number of H-pyrrole nitrogens is 1. The summed E-state index contributed by atoms with van der Waals surface area (Å²) in [5.74, 6) is -0.171. The molecule has 1 aliphatic rings. The van der Waals surface area contributed by atoms with E-state index in [1.54, 1.807) is 48.3 Å². The fraction of sp³-hybridized carbons (Fsp3) is 0.390. The molecule has 0 saturated heterocycles. The van der Waals surface area contributed by atoms with Gasteiger partial charge in [-0.1, -0.05) is 29.8 Å². The maximum absolute atomic E-state index is 13.4. The van der Waals surface area contributed by atoms with E-state index < -0.39 is 17.7 Å². The van der Waals surface area contributed by atoms with Crippen molar-refractivity contribution in [3.05, 3.63) is 108 Å². The van der Waals surface area contributed by atoms with Crippen LogP contribution in [0.15, 0.2) is 76.2 Å². The number of esters is 1. The number of aliphatic hydroxyl groups is 2. The number of carbonyl (C=O) groups is 2. The number of benzene rings is 2. The Hall–Kier alpha value is -4.48. The molecule has 6 rings (SSSR count). The summed E-state index contributed by atoms with van der Waals surface area (Å²) < 4.78 is 17.3. The maximum Gasteiger partial charge on any atom is 0.349 e. The third-order valence-corrected chi connectivity index (χ3v) is 12.7. The van der Waals surface area contributed by atoms with Crippen LogP contribution < -0.4 is 20.3 Å². The fourth-order valence-electron chi connectivity index (χ4n) is 7.01. The average Bonchev–Trinajstić information content (AvgIpc) is 3.96. The number of fused-ring (bicyclic) bond motifs is 1. The van der Waals surface area contributed by atoms with Crippen molar-refractivity contribution in [2.24, 2.45) is 0 Å². The van der Waals surface area contributed by atoms with E-state index in [9.17, 15) is 29.7 Å². The SMILES string of the molecule is COc1cc(OCC(=O)N(C)CCN(C)[C@H]2CC[C@H](OC(=O)C(O)(c3cccs3)c3cccs3)CC2)c(Cl)cc1CNC[C@H](O)c1ccc(O)c2[nH]c(=O)ccc12. The molecule has 1 saturated carbocycles. The van der Waals surface area contributed by atoms with E-state index in [0.29, 0.717) is 75.3 Å². The highest BCUT2D eigenvalue weighted by molar-refractivity contribution is 7.12. The number of likely N-dealkylation sites (N-methyl/N-ethyl adjacent to an activating group) is 2. The van der Waals surface area contributed by atoms with Crippen molar-refractivity contribution < 1.29 is 39.1 Å². The number of thiophene rings is 2. The van der Waals surface area contributed by atoms with Gasteiger partial charge in [0, 0.05) is 62.4 Å². The number of aliphatic hydroxyl groups excluding tert-OH is 1. The molecular formula is C41H47ClN4O9S2. The predicted molar refractivity (Wildman–Crippen MR) is 220 cm³/mol. The van der Waals surface area contributed by atoms with Crippen LogP contribution >= 0.6 is 34.3 Å². The number of ether oxygens (including phenoxy) is 3. The van der Waals surface area contributed by atoms with Crippen molar-refractivity contribution in [1.82, 2.24) is 20.1 Å². The Morgan fingerprint density at radius 1 is 1.00 bits per heavy atom. The zero-order valence-corrected chi connectivity index (χ0v) is 34.3. The molecule has 16 heteroatoms. The third-order valence-electron chi connectivity index (χ3n) is 10.4. The van der Waals surface area contributed by atoms with Crippen LogP contribution in [0.5, 0.6) is 17.2 Å². The van der Waals surface area contributed by atoms with Gasteiger partial charge in [-0.15, -0.1) is 22.7 Å². The number of aromatic amines is 1. The molecule has 304 valence electrons. The maximum atomic E-state index is 13.4. The Morgan fingerprint density at radius 3 is 2.35 bits per heavy atom. The third kappa shape index (κ3) is 9.80. The number of hydrogen-bond donors (Lipinski definition) is 5. The monoisotopic (exact) mass is 838 g/mol. The smallest absolute Gasteiger partial charge is 0.349 e. The van der Waals surface area contributed by atoms with Crippen molar-refractivity contribution in [1.29, 1.82) is 0 Å². The zero-order chi connectivity index (χ0) is 40.7. The molecule has 0 unspecified atom stereocenters. The number of nitrogens with one attached hydrogen (secondary N) is 2. The molecule has 3 heterocycles. The number of carbonyl (C=O) groups excluding carboxylic acids is 2. The highest BCUT2D eigenvalue weighted by Gasteiger charge is 2.45. The number of phenols is 1. The predicted octanol–water partition coefficient (Wildman–Crippen LogP) is 5.40. The van der Waals surface area contributed by atoms with Crippen molar-refractivity contribution in [3.63, 3.8) is 0 Å². The lowest BCUT2D eigenvalue weighted by atomic mass is 9.91. The van der Waals surface area contributed by atoms with Crippen molar-refractivity contribution >= 4 is 57.1 Å². The van der Waals surface area contributed by atoms with Crippen LogP contribution in [0.2, 0.25) is 5.02 Å². The number of aromatic hydroxyl groups is 1. The molecule has 5 aromatic rings. The second-order valence-electron chi connectivity index (χ2n) is 14.1. The van der Waals surface area contributed by atoms with E-state index >= 15 is 0 Å². The van der Waals surface area contributed by atoms with Crippen molar-refractivity contribution in [2.75, 3.05) is 47.4 Å². The summed E-state index contributed by atoms with van der Waals surface area (Å²) in [6.45, 7) is 1.35. The summed E-state index contributed by atoms with van der Waals surface area (Å²) >= 11 is 9.21. The zero-order valence-electron chi connectivity index (χ0n) is 31.9. The summed E-state index contributed by atoms with van der Waals surface area (Å²) in [6.07, 6.45) is 1.76. The molecule has 0 aliphatic heterocycles. The molecule has 3 aromatic heterocycles. The lowest BCUT2D eigenvalue weighted by Crippen LogP contribution is -2.44. The number of halogens is 1. The first-order valence-electron chi connectivity index (χ1n) is 18.6. The van der Waals surface area contributed by atoms with Gasteiger partial charge in [-0.25, -0.2) is 4.79 Å². The van der Waals surface area contributed by atoms with Gasteiger partial charge in [0.15, 0.2) is 6.61 Å². The highest BCUT2D eigenvalue weighted by atomic mass is 35.5. The number of nitrogens with zero attached hydrogens (tertiary/aromatic N) is 2. The highest BCUT2D eigenvalue weighted by Crippen LogP contribution is 2.38. The van der Waals surface area contributed by atoms with Gasteiger partial charge in [0.25, 0.3) is 5.91 Å².